The average molecular weight is 609 g/mol. The molecular weight excluding hydrogens is 564 g/mol. The third kappa shape index (κ3) is 4.74. The van der Waals surface area contributed by atoms with E-state index in [1.165, 1.54) is 47.0 Å². The van der Waals surface area contributed by atoms with Gasteiger partial charge in [0.05, 0.1) is 30.2 Å². The molecule has 2 aliphatic heterocycles. The molecule has 1 N–H and O–H groups in total. The summed E-state index contributed by atoms with van der Waals surface area (Å²) < 4.78 is 10.3. The summed E-state index contributed by atoms with van der Waals surface area (Å²) in [7, 11) is 9.16. The molecule has 9 nitrogen and oxygen atoms in total. The number of aromatic nitrogens is 3. The van der Waals surface area contributed by atoms with Crippen molar-refractivity contribution in [2.75, 3.05) is 41.3 Å². The summed E-state index contributed by atoms with van der Waals surface area (Å²) in [6.45, 7) is 2.60. The predicted octanol–water partition coefficient (Wildman–Crippen LogP) is 5.15. The van der Waals surface area contributed by atoms with Crippen LogP contribution in [0.25, 0.3) is 22.2 Å². The van der Waals surface area contributed by atoms with Gasteiger partial charge < -0.3 is 24.1 Å². The molecule has 1 saturated carbocycles. The molecule has 236 valence electrons. The number of likely N-dealkylation sites (tertiary alicyclic amines) is 1. The average Bonchev–Trinajstić information content (AvgIpc) is 3.71. The fraction of sp³-hybridized carbons (Fsp3) is 0.472. The van der Waals surface area contributed by atoms with Crippen molar-refractivity contribution in [1.82, 2.24) is 29.2 Å². The molecule has 7 rings (SSSR count). The Morgan fingerprint density at radius 2 is 1.89 bits per heavy atom. The maximum Gasteiger partial charge on any atom is 0.251 e. The second kappa shape index (κ2) is 11.4. The number of hydrogen-bond donors (Lipinski definition) is 1. The van der Waals surface area contributed by atoms with E-state index < -0.39 is 5.41 Å². The van der Waals surface area contributed by atoms with E-state index in [-0.39, 0.29) is 17.7 Å². The molecule has 2 amide bonds. The van der Waals surface area contributed by atoms with E-state index in [1.807, 2.05) is 45.8 Å². The van der Waals surface area contributed by atoms with Gasteiger partial charge in [-0.25, -0.2) is 4.98 Å². The molecule has 2 unspecified atom stereocenters. The largest absolute Gasteiger partial charge is 0.497 e. The lowest BCUT2D eigenvalue weighted by Crippen LogP contribution is -2.47. The van der Waals surface area contributed by atoms with Crippen LogP contribution in [-0.2, 0) is 24.9 Å². The van der Waals surface area contributed by atoms with Gasteiger partial charge in [-0.1, -0.05) is 25.3 Å². The van der Waals surface area contributed by atoms with Gasteiger partial charge in [-0.05, 0) is 60.2 Å². The maximum atomic E-state index is 14.7. The van der Waals surface area contributed by atoms with Gasteiger partial charge in [-0.3, -0.25) is 14.5 Å². The number of carbonyl (C=O) groups is 2. The lowest BCUT2D eigenvalue weighted by molar-refractivity contribution is -0.140. The summed E-state index contributed by atoms with van der Waals surface area (Å²) in [5.74, 6) is 1.20. The number of ether oxygens (including phenoxy) is 1. The molecule has 4 heterocycles. The second-order valence-electron chi connectivity index (χ2n) is 13.5. The summed E-state index contributed by atoms with van der Waals surface area (Å²) in [6.07, 6.45) is 9.76. The van der Waals surface area contributed by atoms with Crippen LogP contribution in [0.3, 0.4) is 0 Å². The van der Waals surface area contributed by atoms with Gasteiger partial charge in [-0.2, -0.15) is 0 Å². The lowest BCUT2D eigenvalue weighted by Gasteiger charge is -2.35. The van der Waals surface area contributed by atoms with Crippen LogP contribution in [0.1, 0.15) is 71.1 Å². The van der Waals surface area contributed by atoms with Crippen molar-refractivity contribution >= 4 is 22.7 Å². The highest BCUT2D eigenvalue weighted by atomic mass is 16.5. The number of carbonyl (C=O) groups excluding carboxylic acids is 2. The number of aryl methyl sites for hydroxylation is 1. The Bertz CT molecular complexity index is 1780. The zero-order valence-corrected chi connectivity index (χ0v) is 27.1. The number of nitrogens with one attached hydrogen (secondary N) is 1. The number of methoxy groups -OCH3 is 1. The minimum absolute atomic E-state index is 0.0537. The summed E-state index contributed by atoms with van der Waals surface area (Å²) in [5.41, 5.74) is 6.98. The van der Waals surface area contributed by atoms with Crippen molar-refractivity contribution in [2.24, 2.45) is 12.5 Å². The Morgan fingerprint density at radius 3 is 2.58 bits per heavy atom. The molecular formula is C36H44N6O3. The number of hydrogen-bond acceptors (Lipinski definition) is 5. The molecule has 2 fully saturated rings. The van der Waals surface area contributed by atoms with Gasteiger partial charge in [0.1, 0.15) is 5.75 Å². The van der Waals surface area contributed by atoms with E-state index >= 15 is 0 Å². The van der Waals surface area contributed by atoms with Crippen LogP contribution in [0, 0.1) is 5.41 Å². The molecule has 1 aliphatic carbocycles. The molecule has 4 aromatic rings. The first-order valence-corrected chi connectivity index (χ1v) is 16.2. The van der Waals surface area contributed by atoms with E-state index in [0.717, 1.165) is 36.3 Å². The Morgan fingerprint density at radius 1 is 1.09 bits per heavy atom. The first-order valence-electron chi connectivity index (χ1n) is 16.2. The summed E-state index contributed by atoms with van der Waals surface area (Å²) >= 11 is 0. The van der Waals surface area contributed by atoms with Crippen LogP contribution in [0.4, 0.5) is 0 Å². The van der Waals surface area contributed by atoms with E-state index in [4.69, 9.17) is 4.74 Å². The molecule has 0 radical (unpaired) electrons. The first kappa shape index (κ1) is 29.6. The molecule has 2 aromatic heterocycles. The van der Waals surface area contributed by atoms with Gasteiger partial charge in [0.25, 0.3) is 5.91 Å². The fourth-order valence-corrected chi connectivity index (χ4v) is 8.55. The summed E-state index contributed by atoms with van der Waals surface area (Å²) in [6, 6.07) is 12.6. The maximum absolute atomic E-state index is 14.7. The van der Waals surface area contributed by atoms with Crippen LogP contribution >= 0.6 is 0 Å². The first-order chi connectivity index (χ1) is 21.8. The zero-order valence-electron chi connectivity index (χ0n) is 27.1. The number of rotatable bonds is 6. The van der Waals surface area contributed by atoms with E-state index in [2.05, 4.69) is 48.6 Å². The van der Waals surface area contributed by atoms with Crippen molar-refractivity contribution in [1.29, 1.82) is 0 Å². The van der Waals surface area contributed by atoms with Crippen molar-refractivity contribution in [3.05, 3.63) is 71.3 Å². The van der Waals surface area contributed by atoms with Crippen LogP contribution in [0.15, 0.2) is 48.9 Å². The minimum Gasteiger partial charge on any atom is -0.497 e. The number of benzene rings is 2. The molecule has 2 aromatic carbocycles. The Kier molecular flexibility index (Phi) is 7.47. The third-order valence-electron chi connectivity index (χ3n) is 10.7. The molecule has 45 heavy (non-hydrogen) atoms. The monoisotopic (exact) mass is 608 g/mol. The predicted molar refractivity (Wildman–Crippen MR) is 175 cm³/mol. The van der Waals surface area contributed by atoms with Crippen molar-refractivity contribution in [2.45, 2.75) is 57.0 Å². The van der Waals surface area contributed by atoms with Gasteiger partial charge >= 0.3 is 0 Å². The molecule has 2 atom stereocenters. The lowest BCUT2D eigenvalue weighted by atomic mass is 9.72. The van der Waals surface area contributed by atoms with Crippen molar-refractivity contribution in [3.63, 3.8) is 0 Å². The molecule has 9 heteroatoms. The standard InChI is InChI=1S/C36H44N6O3/c1-37-34(43)24-11-13-28-31(15-24)42-21-36(35(44)39(2)3)20-41(18-25-17-38-22-40(25)4)19-30(36)29-16-26(45-5)12-14-27(29)33(42)32(28)23-9-7-6-8-10-23/h11-17,22-23,30H,6-10,18-21H2,1-5H3,(H,37,43). The topological polar surface area (TPSA) is 84.6 Å². The minimum atomic E-state index is -0.729. The molecule has 0 spiro atoms. The van der Waals surface area contributed by atoms with E-state index in [9.17, 15) is 9.59 Å². The Labute approximate surface area is 265 Å². The second-order valence-corrected chi connectivity index (χ2v) is 13.5. The fourth-order valence-electron chi connectivity index (χ4n) is 8.55. The highest BCUT2D eigenvalue weighted by Crippen LogP contribution is 2.55. The number of fused-ring (bicyclic) bond motifs is 7. The summed E-state index contributed by atoms with van der Waals surface area (Å²) in [5, 5.41) is 4.01. The number of amides is 2. The van der Waals surface area contributed by atoms with Crippen LogP contribution in [0.5, 0.6) is 5.75 Å². The Balaban J connectivity index is 1.51. The molecule has 1 saturated heterocycles. The van der Waals surface area contributed by atoms with Crippen molar-refractivity contribution in [3.8, 4) is 17.0 Å². The highest BCUT2D eigenvalue weighted by Gasteiger charge is 2.56. The third-order valence-corrected chi connectivity index (χ3v) is 10.7. The zero-order chi connectivity index (χ0) is 31.5. The number of imidazole rings is 1. The highest BCUT2D eigenvalue weighted by molar-refractivity contribution is 6.01. The quantitative estimate of drug-likeness (QED) is 0.328. The van der Waals surface area contributed by atoms with Crippen LogP contribution < -0.4 is 10.1 Å². The molecule has 0 bridgehead atoms. The van der Waals surface area contributed by atoms with Crippen molar-refractivity contribution < 1.29 is 14.3 Å². The van der Waals surface area contributed by atoms with Crippen LogP contribution in [-0.4, -0.2) is 77.1 Å². The smallest absolute Gasteiger partial charge is 0.251 e. The molecule has 3 aliphatic rings. The summed E-state index contributed by atoms with van der Waals surface area (Å²) in [4.78, 5) is 36.2. The Hall–Kier alpha value is -4.11. The van der Waals surface area contributed by atoms with E-state index in [1.54, 1.807) is 19.1 Å². The van der Waals surface area contributed by atoms with E-state index in [0.29, 0.717) is 31.1 Å². The number of nitrogens with zero attached hydrogens (tertiary/aromatic N) is 5. The SMILES string of the molecule is CNC(=O)c1ccc2c(C3CCCCC3)c3n(c2c1)CC1(C(=O)N(C)C)CN(Cc2cncn2C)CC1c1cc(OC)ccc1-3. The van der Waals surface area contributed by atoms with Gasteiger partial charge in [0, 0.05) is 88.5 Å². The van der Waals surface area contributed by atoms with Gasteiger partial charge in [0.2, 0.25) is 5.91 Å². The van der Waals surface area contributed by atoms with Crippen LogP contribution in [0.2, 0.25) is 0 Å². The normalized spacial score (nSPS) is 21.6. The van der Waals surface area contributed by atoms with Gasteiger partial charge in [-0.15, -0.1) is 0 Å². The van der Waals surface area contributed by atoms with Gasteiger partial charge in [0.15, 0.2) is 0 Å².